The standard InChI is InChI=1S/C20H27N3O3S/c1-3-22-13-15-23(16-14-22)20-8-6-5-7-19(20)21-27(24,25)18-11-9-17(10-12-18)26-4-2/h5-12,21H,3-4,13-16H2,1-2H3/p+1. The van der Waals surface area contributed by atoms with E-state index in [1.54, 1.807) is 29.2 Å². The Labute approximate surface area is 161 Å². The van der Waals surface area contributed by atoms with Gasteiger partial charge in [-0.3, -0.25) is 4.72 Å². The van der Waals surface area contributed by atoms with E-state index < -0.39 is 10.0 Å². The van der Waals surface area contributed by atoms with E-state index in [9.17, 15) is 8.42 Å². The van der Waals surface area contributed by atoms with Gasteiger partial charge in [0.25, 0.3) is 10.0 Å². The molecule has 1 heterocycles. The van der Waals surface area contributed by atoms with E-state index in [1.807, 2.05) is 31.2 Å². The molecule has 0 saturated carbocycles. The topological polar surface area (TPSA) is 63.1 Å². The van der Waals surface area contributed by atoms with E-state index in [1.165, 1.54) is 0 Å². The zero-order valence-corrected chi connectivity index (χ0v) is 16.8. The number of nitrogens with zero attached hydrogens (tertiary/aromatic N) is 1. The van der Waals surface area contributed by atoms with E-state index in [2.05, 4.69) is 16.5 Å². The number of ether oxygens (including phenoxy) is 1. The number of hydrogen-bond donors (Lipinski definition) is 2. The summed E-state index contributed by atoms with van der Waals surface area (Å²) < 4.78 is 33.8. The first kappa shape index (κ1) is 19.5. The number of nitrogens with one attached hydrogen (secondary N) is 2. The molecule has 0 spiro atoms. The van der Waals surface area contributed by atoms with E-state index >= 15 is 0 Å². The molecule has 0 aliphatic carbocycles. The first-order chi connectivity index (χ1) is 13.0. The lowest BCUT2D eigenvalue weighted by Crippen LogP contribution is -3.14. The lowest BCUT2D eigenvalue weighted by atomic mass is 10.2. The van der Waals surface area contributed by atoms with Gasteiger partial charge in [0.2, 0.25) is 0 Å². The van der Waals surface area contributed by atoms with Gasteiger partial charge < -0.3 is 14.5 Å². The van der Waals surface area contributed by atoms with Gasteiger partial charge in [-0.15, -0.1) is 0 Å². The number of benzene rings is 2. The van der Waals surface area contributed by atoms with E-state index in [4.69, 9.17) is 4.74 Å². The third kappa shape index (κ3) is 4.73. The molecule has 1 saturated heterocycles. The molecule has 7 heteroatoms. The molecular formula is C20H28N3O3S+. The van der Waals surface area contributed by atoms with Crippen molar-refractivity contribution < 1.29 is 18.1 Å². The molecule has 2 N–H and O–H groups in total. The van der Waals surface area contributed by atoms with E-state index in [0.29, 0.717) is 18.0 Å². The Bertz CT molecular complexity index is 845. The Morgan fingerprint density at radius 1 is 1.04 bits per heavy atom. The first-order valence-electron chi connectivity index (χ1n) is 9.46. The van der Waals surface area contributed by atoms with Gasteiger partial charge in [0.15, 0.2) is 0 Å². The molecule has 1 aliphatic rings. The average Bonchev–Trinajstić information content (AvgIpc) is 2.69. The molecule has 0 radical (unpaired) electrons. The van der Waals surface area contributed by atoms with Gasteiger partial charge in [0, 0.05) is 0 Å². The van der Waals surface area contributed by atoms with Crippen LogP contribution in [-0.4, -0.2) is 47.7 Å². The molecule has 146 valence electrons. The van der Waals surface area contributed by atoms with Crippen LogP contribution in [0.25, 0.3) is 0 Å². The molecule has 3 rings (SSSR count). The van der Waals surface area contributed by atoms with Gasteiger partial charge >= 0.3 is 0 Å². The van der Waals surface area contributed by atoms with Gasteiger partial charge in [-0.2, -0.15) is 0 Å². The molecule has 1 fully saturated rings. The summed E-state index contributed by atoms with van der Waals surface area (Å²) in [5.41, 5.74) is 1.55. The molecule has 6 nitrogen and oxygen atoms in total. The molecule has 1 aliphatic heterocycles. The maximum atomic E-state index is 12.8. The minimum Gasteiger partial charge on any atom is -0.494 e. The molecule has 2 aromatic carbocycles. The summed E-state index contributed by atoms with van der Waals surface area (Å²) in [7, 11) is -3.66. The number of anilines is 2. The number of rotatable bonds is 7. The molecule has 2 aromatic rings. The summed E-state index contributed by atoms with van der Waals surface area (Å²) in [5.74, 6) is 0.660. The van der Waals surface area contributed by atoms with Gasteiger partial charge in [-0.05, 0) is 50.2 Å². The highest BCUT2D eigenvalue weighted by molar-refractivity contribution is 7.92. The number of sulfonamides is 1. The van der Waals surface area contributed by atoms with Crippen molar-refractivity contribution in [3.63, 3.8) is 0 Å². The normalized spacial score (nSPS) is 15.6. The number of para-hydroxylation sites is 2. The summed E-state index contributed by atoms with van der Waals surface area (Å²) >= 11 is 0. The van der Waals surface area contributed by atoms with E-state index in [0.717, 1.165) is 38.4 Å². The molecule has 0 unspecified atom stereocenters. The van der Waals surface area contributed by atoms with Crippen molar-refractivity contribution in [3.8, 4) is 5.75 Å². The SMILES string of the molecule is CCOc1ccc(S(=O)(=O)Nc2ccccc2N2CC[NH+](CC)CC2)cc1. The third-order valence-electron chi connectivity index (χ3n) is 4.90. The molecule has 0 bridgehead atoms. The smallest absolute Gasteiger partial charge is 0.261 e. The Kier molecular flexibility index (Phi) is 6.23. The second-order valence-electron chi connectivity index (χ2n) is 6.62. The van der Waals surface area contributed by atoms with Crippen molar-refractivity contribution in [2.45, 2.75) is 18.7 Å². The minimum atomic E-state index is -3.66. The Morgan fingerprint density at radius 3 is 2.33 bits per heavy atom. The van der Waals surface area contributed by atoms with Gasteiger partial charge in [-0.25, -0.2) is 8.42 Å². The van der Waals surface area contributed by atoms with Crippen LogP contribution in [0.5, 0.6) is 5.75 Å². The fourth-order valence-electron chi connectivity index (χ4n) is 3.34. The van der Waals surface area contributed by atoms with Crippen LogP contribution in [0.3, 0.4) is 0 Å². The lowest BCUT2D eigenvalue weighted by Gasteiger charge is -2.34. The molecule has 27 heavy (non-hydrogen) atoms. The largest absolute Gasteiger partial charge is 0.494 e. The van der Waals surface area contributed by atoms with Gasteiger partial charge in [0.1, 0.15) is 5.75 Å². The fraction of sp³-hybridized carbons (Fsp3) is 0.400. The maximum absolute atomic E-state index is 12.8. The van der Waals surface area contributed by atoms with Crippen molar-refractivity contribution in [2.75, 3.05) is 49.0 Å². The summed E-state index contributed by atoms with van der Waals surface area (Å²) in [6.45, 7) is 9.74. The predicted octanol–water partition coefficient (Wildman–Crippen LogP) is 1.61. The number of piperazine rings is 1. The highest BCUT2D eigenvalue weighted by Crippen LogP contribution is 2.28. The van der Waals surface area contributed by atoms with Crippen LogP contribution in [0.4, 0.5) is 11.4 Å². The molecule has 0 atom stereocenters. The monoisotopic (exact) mass is 390 g/mol. The maximum Gasteiger partial charge on any atom is 0.261 e. The van der Waals surface area contributed by atoms with Crippen molar-refractivity contribution in [1.82, 2.24) is 0 Å². The predicted molar refractivity (Wildman–Crippen MR) is 108 cm³/mol. The molecule has 0 amide bonds. The summed E-state index contributed by atoms with van der Waals surface area (Å²) in [6, 6.07) is 14.1. The van der Waals surface area contributed by atoms with E-state index in [-0.39, 0.29) is 4.90 Å². The highest BCUT2D eigenvalue weighted by Gasteiger charge is 2.22. The van der Waals surface area contributed by atoms with Crippen molar-refractivity contribution in [3.05, 3.63) is 48.5 Å². The van der Waals surface area contributed by atoms with Crippen molar-refractivity contribution in [2.24, 2.45) is 0 Å². The second-order valence-corrected chi connectivity index (χ2v) is 8.30. The van der Waals surface area contributed by atoms with Crippen LogP contribution in [0.15, 0.2) is 53.4 Å². The van der Waals surface area contributed by atoms with Crippen LogP contribution < -0.4 is 19.3 Å². The van der Waals surface area contributed by atoms with Crippen molar-refractivity contribution in [1.29, 1.82) is 0 Å². The average molecular weight is 391 g/mol. The molecular weight excluding hydrogens is 362 g/mol. The van der Waals surface area contributed by atoms with Crippen LogP contribution in [0.2, 0.25) is 0 Å². The zero-order valence-electron chi connectivity index (χ0n) is 15.9. The van der Waals surface area contributed by atoms with Gasteiger partial charge in [-0.1, -0.05) is 12.1 Å². The Balaban J connectivity index is 1.79. The van der Waals surface area contributed by atoms with Gasteiger partial charge in [0.05, 0.1) is 55.6 Å². The van der Waals surface area contributed by atoms with Crippen LogP contribution in [0, 0.1) is 0 Å². The van der Waals surface area contributed by atoms with Crippen LogP contribution >= 0.6 is 0 Å². The summed E-state index contributed by atoms with van der Waals surface area (Å²) in [4.78, 5) is 4.06. The summed E-state index contributed by atoms with van der Waals surface area (Å²) in [5, 5.41) is 0. The highest BCUT2D eigenvalue weighted by atomic mass is 32.2. The zero-order chi connectivity index (χ0) is 19.3. The van der Waals surface area contributed by atoms with Crippen LogP contribution in [0.1, 0.15) is 13.8 Å². The third-order valence-corrected chi connectivity index (χ3v) is 6.29. The fourth-order valence-corrected chi connectivity index (χ4v) is 4.41. The lowest BCUT2D eigenvalue weighted by molar-refractivity contribution is -0.898. The number of likely N-dealkylation sites (N-methyl/N-ethyl adjacent to an activating group) is 1. The Hall–Kier alpha value is -2.25. The Morgan fingerprint density at radius 2 is 1.70 bits per heavy atom. The second kappa shape index (κ2) is 8.63. The first-order valence-corrected chi connectivity index (χ1v) is 10.9. The van der Waals surface area contributed by atoms with Crippen molar-refractivity contribution >= 4 is 21.4 Å². The molecule has 0 aromatic heterocycles. The minimum absolute atomic E-state index is 0.223. The van der Waals surface area contributed by atoms with Crippen LogP contribution in [-0.2, 0) is 10.0 Å². The number of hydrogen-bond acceptors (Lipinski definition) is 4. The number of quaternary nitrogens is 1. The summed E-state index contributed by atoms with van der Waals surface area (Å²) in [6.07, 6.45) is 0. The quantitative estimate of drug-likeness (QED) is 0.754.